The van der Waals surface area contributed by atoms with Gasteiger partial charge in [0, 0.05) is 12.3 Å². The van der Waals surface area contributed by atoms with Crippen molar-refractivity contribution >= 4 is 5.97 Å². The van der Waals surface area contributed by atoms with E-state index in [9.17, 15) is 4.79 Å². The Balaban J connectivity index is 0.000000441. The maximum Gasteiger partial charge on any atom is 0.303 e. The van der Waals surface area contributed by atoms with Crippen LogP contribution < -0.4 is 0 Å². The minimum atomic E-state index is -0.663. The standard InChI is InChI=1S/C12H18.C10H20O2/c1-5-6-11-7-8-12(3,4)9-10(11)2;1-2-3-4-5-6-7-8-9-10(11)12/h6,11H,1-2,7-9H2,3-4H3;2-9H2,1H3,(H,11,12). The first-order valence-electron chi connectivity index (χ1n) is 9.58. The second-order valence-electron chi connectivity index (χ2n) is 7.78. The summed E-state index contributed by atoms with van der Waals surface area (Å²) in [6.45, 7) is 14.5. The Labute approximate surface area is 149 Å². The van der Waals surface area contributed by atoms with E-state index in [-0.39, 0.29) is 0 Å². The summed E-state index contributed by atoms with van der Waals surface area (Å²) in [5.41, 5.74) is 4.67. The lowest BCUT2D eigenvalue weighted by Gasteiger charge is -2.34. The zero-order chi connectivity index (χ0) is 18.4. The molecule has 0 heterocycles. The Morgan fingerprint density at radius 2 is 1.83 bits per heavy atom. The van der Waals surface area contributed by atoms with Crippen molar-refractivity contribution in [2.24, 2.45) is 11.3 Å². The lowest BCUT2D eigenvalue weighted by atomic mass is 9.71. The van der Waals surface area contributed by atoms with E-state index in [0.717, 1.165) is 19.3 Å². The molecule has 1 aliphatic carbocycles. The summed E-state index contributed by atoms with van der Waals surface area (Å²) < 4.78 is 0. The van der Waals surface area contributed by atoms with E-state index in [1.54, 1.807) is 0 Å². The number of rotatable bonds is 9. The van der Waals surface area contributed by atoms with Crippen LogP contribution in [0.4, 0.5) is 0 Å². The second-order valence-corrected chi connectivity index (χ2v) is 7.78. The topological polar surface area (TPSA) is 37.3 Å². The Morgan fingerprint density at radius 3 is 2.33 bits per heavy atom. The van der Waals surface area contributed by atoms with Crippen molar-refractivity contribution in [2.45, 2.75) is 91.4 Å². The van der Waals surface area contributed by atoms with Crippen molar-refractivity contribution in [1.29, 1.82) is 0 Å². The number of carboxylic acid groups (broad SMARTS) is 1. The van der Waals surface area contributed by atoms with Crippen LogP contribution in [0.5, 0.6) is 0 Å². The van der Waals surface area contributed by atoms with Crippen LogP contribution in [0.2, 0.25) is 0 Å². The molecule has 0 saturated heterocycles. The van der Waals surface area contributed by atoms with Crippen molar-refractivity contribution in [1.82, 2.24) is 0 Å². The van der Waals surface area contributed by atoms with Crippen LogP contribution in [0.1, 0.15) is 91.4 Å². The molecule has 0 aromatic carbocycles. The molecule has 24 heavy (non-hydrogen) atoms. The van der Waals surface area contributed by atoms with E-state index in [1.807, 2.05) is 0 Å². The normalized spacial score (nSPS) is 19.0. The predicted octanol–water partition coefficient (Wildman–Crippen LogP) is 6.92. The van der Waals surface area contributed by atoms with Gasteiger partial charge < -0.3 is 5.11 Å². The quantitative estimate of drug-likeness (QED) is 0.282. The minimum Gasteiger partial charge on any atom is -0.481 e. The van der Waals surface area contributed by atoms with Gasteiger partial charge in [0.2, 0.25) is 0 Å². The average Bonchev–Trinajstić information content (AvgIpc) is 2.49. The average molecular weight is 335 g/mol. The number of allylic oxidation sites excluding steroid dienone is 2. The summed E-state index contributed by atoms with van der Waals surface area (Å²) >= 11 is 0. The molecule has 1 atom stereocenters. The van der Waals surface area contributed by atoms with E-state index >= 15 is 0 Å². The molecular formula is C22H38O2. The summed E-state index contributed by atoms with van der Waals surface area (Å²) in [4.78, 5) is 10.1. The van der Waals surface area contributed by atoms with E-state index in [1.165, 1.54) is 50.5 Å². The first kappa shape index (κ1) is 22.7. The molecule has 1 saturated carbocycles. The summed E-state index contributed by atoms with van der Waals surface area (Å²) in [6.07, 6.45) is 14.3. The maximum atomic E-state index is 10.1. The Morgan fingerprint density at radius 1 is 1.25 bits per heavy atom. The van der Waals surface area contributed by atoms with Gasteiger partial charge in [-0.3, -0.25) is 4.79 Å². The number of unbranched alkanes of at least 4 members (excludes halogenated alkanes) is 6. The largest absolute Gasteiger partial charge is 0.481 e. The summed E-state index contributed by atoms with van der Waals surface area (Å²) in [7, 11) is 0. The first-order valence-corrected chi connectivity index (χ1v) is 9.58. The number of carbonyl (C=O) groups is 1. The lowest BCUT2D eigenvalue weighted by Crippen LogP contribution is -2.21. The van der Waals surface area contributed by atoms with E-state index in [0.29, 0.717) is 17.8 Å². The third-order valence-corrected chi connectivity index (χ3v) is 4.68. The number of carboxylic acids is 1. The van der Waals surface area contributed by atoms with Crippen LogP contribution in [-0.4, -0.2) is 11.1 Å². The molecule has 1 rings (SSSR count). The molecule has 1 unspecified atom stereocenters. The fourth-order valence-corrected chi connectivity index (χ4v) is 3.16. The van der Waals surface area contributed by atoms with Gasteiger partial charge in [-0.2, -0.15) is 0 Å². The van der Waals surface area contributed by atoms with Gasteiger partial charge in [-0.05, 0) is 37.2 Å². The van der Waals surface area contributed by atoms with E-state index in [2.05, 4.69) is 45.7 Å². The molecule has 0 aliphatic heterocycles. The highest BCUT2D eigenvalue weighted by Crippen LogP contribution is 2.40. The molecular weight excluding hydrogens is 296 g/mol. The van der Waals surface area contributed by atoms with Crippen molar-refractivity contribution < 1.29 is 9.90 Å². The van der Waals surface area contributed by atoms with Gasteiger partial charge >= 0.3 is 5.97 Å². The molecule has 0 aromatic heterocycles. The van der Waals surface area contributed by atoms with Gasteiger partial charge in [0.15, 0.2) is 0 Å². The summed E-state index contributed by atoms with van der Waals surface area (Å²) in [5.74, 6) is -0.126. The summed E-state index contributed by atoms with van der Waals surface area (Å²) in [6, 6.07) is 0. The highest BCUT2D eigenvalue weighted by molar-refractivity contribution is 5.66. The number of hydrogen-bond donors (Lipinski definition) is 1. The number of aliphatic carboxylic acids is 1. The van der Waals surface area contributed by atoms with Crippen LogP contribution in [0, 0.1) is 11.3 Å². The molecule has 0 bridgehead atoms. The van der Waals surface area contributed by atoms with Gasteiger partial charge in [0.05, 0.1) is 0 Å². The van der Waals surface area contributed by atoms with Crippen molar-refractivity contribution in [3.05, 3.63) is 30.5 Å². The molecule has 0 amide bonds. The van der Waals surface area contributed by atoms with Crippen LogP contribution in [-0.2, 0) is 4.79 Å². The zero-order valence-electron chi connectivity index (χ0n) is 16.2. The molecule has 2 nitrogen and oxygen atoms in total. The van der Waals surface area contributed by atoms with Crippen LogP contribution in [0.25, 0.3) is 0 Å². The van der Waals surface area contributed by atoms with Crippen LogP contribution in [0.15, 0.2) is 30.5 Å². The van der Waals surface area contributed by atoms with Crippen LogP contribution >= 0.6 is 0 Å². The van der Waals surface area contributed by atoms with Crippen LogP contribution in [0.3, 0.4) is 0 Å². The molecule has 2 heteroatoms. The highest BCUT2D eigenvalue weighted by Gasteiger charge is 2.27. The fourth-order valence-electron chi connectivity index (χ4n) is 3.16. The highest BCUT2D eigenvalue weighted by atomic mass is 16.4. The van der Waals surface area contributed by atoms with Crippen molar-refractivity contribution in [3.63, 3.8) is 0 Å². The first-order chi connectivity index (χ1) is 11.3. The molecule has 1 aliphatic rings. The minimum absolute atomic E-state index is 0.341. The lowest BCUT2D eigenvalue weighted by molar-refractivity contribution is -0.137. The van der Waals surface area contributed by atoms with E-state index < -0.39 is 5.97 Å². The molecule has 0 spiro atoms. The molecule has 0 radical (unpaired) electrons. The number of hydrogen-bond acceptors (Lipinski definition) is 1. The van der Waals surface area contributed by atoms with Gasteiger partial charge in [0.25, 0.3) is 0 Å². The molecule has 1 fully saturated rings. The third-order valence-electron chi connectivity index (χ3n) is 4.68. The molecule has 1 N–H and O–H groups in total. The van der Waals surface area contributed by atoms with E-state index in [4.69, 9.17) is 5.11 Å². The van der Waals surface area contributed by atoms with Crippen molar-refractivity contribution in [2.75, 3.05) is 0 Å². The Kier molecular flexibility index (Phi) is 12.4. The van der Waals surface area contributed by atoms with Gasteiger partial charge in [-0.25, -0.2) is 0 Å². The fraction of sp³-hybridized carbons (Fsp3) is 0.727. The second kappa shape index (κ2) is 13.1. The molecule has 138 valence electrons. The Bertz CT molecular complexity index is 414. The van der Waals surface area contributed by atoms with Crippen molar-refractivity contribution in [3.8, 4) is 0 Å². The third kappa shape index (κ3) is 12.2. The van der Waals surface area contributed by atoms with Gasteiger partial charge in [0.1, 0.15) is 0 Å². The Hall–Kier alpha value is -1.27. The SMILES string of the molecule is C=C=CC1CCC(C)(C)CC1=C.CCCCCCCCCC(=O)O. The maximum absolute atomic E-state index is 10.1. The van der Waals surface area contributed by atoms with Gasteiger partial charge in [-0.1, -0.05) is 78.0 Å². The summed E-state index contributed by atoms with van der Waals surface area (Å²) in [5, 5.41) is 8.35. The zero-order valence-corrected chi connectivity index (χ0v) is 16.2. The monoisotopic (exact) mass is 334 g/mol. The smallest absolute Gasteiger partial charge is 0.303 e. The predicted molar refractivity (Wildman–Crippen MR) is 104 cm³/mol. The molecule has 0 aromatic rings. The van der Waals surface area contributed by atoms with Gasteiger partial charge in [-0.15, -0.1) is 5.73 Å².